The van der Waals surface area contributed by atoms with Crippen LogP contribution in [-0.4, -0.2) is 30.2 Å². The summed E-state index contributed by atoms with van der Waals surface area (Å²) in [5.41, 5.74) is 0. The Morgan fingerprint density at radius 3 is 2.83 bits per heavy atom. The van der Waals surface area contributed by atoms with Crippen molar-refractivity contribution in [2.24, 2.45) is 4.99 Å². The van der Waals surface area contributed by atoms with Gasteiger partial charge in [-0.25, -0.2) is 0 Å². The molecule has 2 atom stereocenters. The Labute approximate surface area is 141 Å². The van der Waals surface area contributed by atoms with E-state index in [9.17, 15) is 5.11 Å². The van der Waals surface area contributed by atoms with Crippen LogP contribution in [0.2, 0.25) is 0 Å². The summed E-state index contributed by atoms with van der Waals surface area (Å²) in [5.74, 6) is 1.24. The molecule has 0 radical (unpaired) electrons. The monoisotopic (exact) mass is 335 g/mol. The molecule has 0 amide bonds. The van der Waals surface area contributed by atoms with Gasteiger partial charge in [-0.2, -0.15) is 0 Å². The van der Waals surface area contributed by atoms with E-state index in [0.29, 0.717) is 11.7 Å². The van der Waals surface area contributed by atoms with E-state index >= 15 is 0 Å². The molecule has 0 aromatic carbocycles. The molecule has 0 aliphatic heterocycles. The van der Waals surface area contributed by atoms with Gasteiger partial charge in [-0.1, -0.05) is 0 Å². The molecule has 2 rings (SSSR count). The molecule has 0 fully saturated rings. The van der Waals surface area contributed by atoms with Crippen molar-refractivity contribution < 1.29 is 9.52 Å². The summed E-state index contributed by atoms with van der Waals surface area (Å²) < 4.78 is 5.19. The van der Waals surface area contributed by atoms with Crippen molar-refractivity contribution in [2.75, 3.05) is 13.1 Å². The highest BCUT2D eigenvalue weighted by atomic mass is 32.1. The number of nitrogens with zero attached hydrogens (tertiary/aromatic N) is 1. The Morgan fingerprint density at radius 1 is 1.39 bits per heavy atom. The lowest BCUT2D eigenvalue weighted by molar-refractivity contribution is 0.158. The maximum atomic E-state index is 10.0. The minimum atomic E-state index is -0.726. The molecule has 2 aromatic rings. The lowest BCUT2D eigenvalue weighted by atomic mass is 10.2. The second-order valence-corrected chi connectivity index (χ2v) is 6.89. The molecule has 0 bridgehead atoms. The van der Waals surface area contributed by atoms with Gasteiger partial charge in [0.1, 0.15) is 11.9 Å². The van der Waals surface area contributed by atoms with Crippen molar-refractivity contribution >= 4 is 17.3 Å². The molecule has 0 saturated carbocycles. The van der Waals surface area contributed by atoms with Crippen molar-refractivity contribution in [2.45, 2.75) is 39.3 Å². The van der Waals surface area contributed by atoms with Gasteiger partial charge in [0, 0.05) is 28.8 Å². The Bertz CT molecular complexity index is 607. The van der Waals surface area contributed by atoms with Gasteiger partial charge in [0.25, 0.3) is 0 Å². The SMILES string of the molecule is CCNC(=NCC(O)c1ccco1)NC(C)Cc1ccc(C)s1. The third-order valence-electron chi connectivity index (χ3n) is 3.32. The Morgan fingerprint density at radius 2 is 2.22 bits per heavy atom. The average molecular weight is 335 g/mol. The Kier molecular flexibility index (Phi) is 6.67. The zero-order valence-electron chi connectivity index (χ0n) is 13.9. The van der Waals surface area contributed by atoms with Crippen LogP contribution in [0.5, 0.6) is 0 Å². The summed E-state index contributed by atoms with van der Waals surface area (Å²) in [6.07, 6.45) is 1.77. The van der Waals surface area contributed by atoms with E-state index in [4.69, 9.17) is 4.42 Å². The molecular weight excluding hydrogens is 310 g/mol. The van der Waals surface area contributed by atoms with Crippen LogP contribution in [-0.2, 0) is 6.42 Å². The zero-order valence-corrected chi connectivity index (χ0v) is 14.7. The largest absolute Gasteiger partial charge is 0.467 e. The highest BCUT2D eigenvalue weighted by molar-refractivity contribution is 7.11. The van der Waals surface area contributed by atoms with Crippen LogP contribution in [0.4, 0.5) is 0 Å². The first-order valence-electron chi connectivity index (χ1n) is 7.90. The number of aliphatic hydroxyl groups excluding tert-OH is 1. The number of aliphatic imine (C=N–C) groups is 1. The highest BCUT2D eigenvalue weighted by Crippen LogP contribution is 2.17. The minimum absolute atomic E-state index is 0.256. The van der Waals surface area contributed by atoms with E-state index in [1.807, 2.05) is 18.3 Å². The molecule has 0 spiro atoms. The summed E-state index contributed by atoms with van der Waals surface area (Å²) >= 11 is 1.82. The molecule has 0 saturated heterocycles. The summed E-state index contributed by atoms with van der Waals surface area (Å²) in [4.78, 5) is 7.13. The number of rotatable bonds is 7. The molecule has 5 nitrogen and oxygen atoms in total. The standard InChI is InChI=1S/C17H25N3O2S/c1-4-18-17(19-11-15(21)16-6-5-9-22-16)20-12(2)10-14-8-7-13(3)23-14/h5-9,12,15,21H,4,10-11H2,1-3H3,(H2,18,19,20). The lowest BCUT2D eigenvalue weighted by Crippen LogP contribution is -2.43. The predicted octanol–water partition coefficient (Wildman–Crippen LogP) is 2.87. The van der Waals surface area contributed by atoms with Gasteiger partial charge < -0.3 is 20.2 Å². The topological polar surface area (TPSA) is 69.8 Å². The van der Waals surface area contributed by atoms with Gasteiger partial charge in [-0.3, -0.25) is 4.99 Å². The van der Waals surface area contributed by atoms with Gasteiger partial charge >= 0.3 is 0 Å². The first kappa shape index (κ1) is 17.6. The summed E-state index contributed by atoms with van der Waals surface area (Å²) in [6.45, 7) is 7.30. The van der Waals surface area contributed by atoms with Gasteiger partial charge in [-0.15, -0.1) is 11.3 Å². The van der Waals surface area contributed by atoms with Crippen LogP contribution in [0.3, 0.4) is 0 Å². The van der Waals surface area contributed by atoms with E-state index in [0.717, 1.165) is 13.0 Å². The second-order valence-electron chi connectivity index (χ2n) is 5.51. The summed E-state index contributed by atoms with van der Waals surface area (Å²) in [5, 5.41) is 16.6. The molecular formula is C17H25N3O2S. The fourth-order valence-corrected chi connectivity index (χ4v) is 3.27. The number of aryl methyl sites for hydroxylation is 1. The average Bonchev–Trinajstić information content (AvgIpc) is 3.16. The van der Waals surface area contributed by atoms with Crippen molar-refractivity contribution in [3.63, 3.8) is 0 Å². The van der Waals surface area contributed by atoms with Crippen molar-refractivity contribution in [3.8, 4) is 0 Å². The number of hydrogen-bond donors (Lipinski definition) is 3. The van der Waals surface area contributed by atoms with Crippen LogP contribution >= 0.6 is 11.3 Å². The number of nitrogens with one attached hydrogen (secondary N) is 2. The smallest absolute Gasteiger partial charge is 0.191 e. The van der Waals surface area contributed by atoms with E-state index in [-0.39, 0.29) is 12.6 Å². The number of thiophene rings is 1. The van der Waals surface area contributed by atoms with Crippen LogP contribution in [0.15, 0.2) is 39.9 Å². The number of guanidine groups is 1. The minimum Gasteiger partial charge on any atom is -0.467 e. The molecule has 6 heteroatoms. The predicted molar refractivity (Wildman–Crippen MR) is 95.0 cm³/mol. The molecule has 23 heavy (non-hydrogen) atoms. The van der Waals surface area contributed by atoms with Crippen LogP contribution in [0, 0.1) is 6.92 Å². The molecule has 0 aliphatic rings. The third kappa shape index (κ3) is 5.73. The molecule has 2 unspecified atom stereocenters. The summed E-state index contributed by atoms with van der Waals surface area (Å²) in [6, 6.07) is 8.08. The first-order chi connectivity index (χ1) is 11.1. The maximum Gasteiger partial charge on any atom is 0.191 e. The fourth-order valence-electron chi connectivity index (χ4n) is 2.25. The molecule has 2 aromatic heterocycles. The normalized spacial score (nSPS) is 14.5. The maximum absolute atomic E-state index is 10.0. The van der Waals surface area contributed by atoms with Crippen molar-refractivity contribution in [1.29, 1.82) is 0 Å². The Balaban J connectivity index is 1.90. The van der Waals surface area contributed by atoms with E-state index in [1.165, 1.54) is 9.75 Å². The van der Waals surface area contributed by atoms with Gasteiger partial charge in [0.15, 0.2) is 5.96 Å². The van der Waals surface area contributed by atoms with Crippen molar-refractivity contribution in [1.82, 2.24) is 10.6 Å². The van der Waals surface area contributed by atoms with Crippen LogP contribution in [0.25, 0.3) is 0 Å². The number of hydrogen-bond acceptors (Lipinski definition) is 4. The van der Waals surface area contributed by atoms with Crippen LogP contribution in [0.1, 0.15) is 35.5 Å². The lowest BCUT2D eigenvalue weighted by Gasteiger charge is -2.17. The first-order valence-corrected chi connectivity index (χ1v) is 8.71. The third-order valence-corrected chi connectivity index (χ3v) is 4.35. The summed E-state index contributed by atoms with van der Waals surface area (Å²) in [7, 11) is 0. The molecule has 2 heterocycles. The quantitative estimate of drug-likeness (QED) is 0.537. The molecule has 3 N–H and O–H groups in total. The fraction of sp³-hybridized carbons (Fsp3) is 0.471. The highest BCUT2D eigenvalue weighted by Gasteiger charge is 2.11. The molecule has 126 valence electrons. The zero-order chi connectivity index (χ0) is 16.7. The number of furan rings is 1. The van der Waals surface area contributed by atoms with Gasteiger partial charge in [0.2, 0.25) is 0 Å². The second kappa shape index (κ2) is 8.74. The van der Waals surface area contributed by atoms with Crippen LogP contribution < -0.4 is 10.6 Å². The van der Waals surface area contributed by atoms with Crippen molar-refractivity contribution in [3.05, 3.63) is 46.0 Å². The number of aliphatic hydroxyl groups is 1. The Hall–Kier alpha value is -1.79. The van der Waals surface area contributed by atoms with E-state index < -0.39 is 6.10 Å². The van der Waals surface area contributed by atoms with Gasteiger partial charge in [-0.05, 0) is 45.0 Å². The van der Waals surface area contributed by atoms with E-state index in [1.54, 1.807) is 18.4 Å². The van der Waals surface area contributed by atoms with Gasteiger partial charge in [0.05, 0.1) is 12.8 Å². The molecule has 0 aliphatic carbocycles. The van der Waals surface area contributed by atoms with E-state index in [2.05, 4.69) is 41.6 Å².